The van der Waals surface area contributed by atoms with Crippen LogP contribution in [-0.4, -0.2) is 41.3 Å². The number of nitrogens with zero attached hydrogens (tertiary/aromatic N) is 3. The monoisotopic (exact) mass is 424 g/mol. The molecule has 1 aliphatic carbocycles. The highest BCUT2D eigenvalue weighted by Crippen LogP contribution is 2.38. The van der Waals surface area contributed by atoms with Crippen LogP contribution in [0.15, 0.2) is 30.6 Å². The lowest BCUT2D eigenvalue weighted by Crippen LogP contribution is -2.33. The van der Waals surface area contributed by atoms with Gasteiger partial charge in [0, 0.05) is 29.8 Å². The topological polar surface area (TPSA) is 105 Å². The molecule has 1 atom stereocenters. The molecule has 8 nitrogen and oxygen atoms in total. The molecule has 0 saturated carbocycles. The average molecular weight is 424 g/mol. The molecular formula is C21H20N4O4S. The molecule has 2 amide bonds. The van der Waals surface area contributed by atoms with Crippen LogP contribution < -0.4 is 5.32 Å². The molecule has 154 valence electrons. The lowest BCUT2D eigenvalue weighted by atomic mass is 9.94. The van der Waals surface area contributed by atoms with E-state index < -0.39 is 6.09 Å². The molecule has 0 spiro atoms. The van der Waals surface area contributed by atoms with Crippen molar-refractivity contribution in [2.45, 2.75) is 31.8 Å². The maximum absolute atomic E-state index is 12.3. The van der Waals surface area contributed by atoms with Crippen LogP contribution in [0.5, 0.6) is 0 Å². The third kappa shape index (κ3) is 4.50. The van der Waals surface area contributed by atoms with Gasteiger partial charge in [0.25, 0.3) is 0 Å². The van der Waals surface area contributed by atoms with E-state index in [0.717, 1.165) is 22.4 Å². The van der Waals surface area contributed by atoms with Crippen molar-refractivity contribution in [2.75, 3.05) is 18.5 Å². The number of aromatic nitrogens is 1. The van der Waals surface area contributed by atoms with Crippen molar-refractivity contribution in [3.8, 4) is 6.07 Å². The van der Waals surface area contributed by atoms with Gasteiger partial charge in [-0.1, -0.05) is 6.07 Å². The van der Waals surface area contributed by atoms with Gasteiger partial charge in [0.05, 0.1) is 18.7 Å². The second-order valence-corrected chi connectivity index (χ2v) is 8.07. The Kier molecular flexibility index (Phi) is 6.07. The van der Waals surface area contributed by atoms with Crippen molar-refractivity contribution >= 4 is 34.4 Å². The van der Waals surface area contributed by atoms with Gasteiger partial charge in [0.15, 0.2) is 0 Å². The lowest BCUT2D eigenvalue weighted by Gasteiger charge is -2.24. The van der Waals surface area contributed by atoms with E-state index in [1.165, 1.54) is 22.5 Å². The van der Waals surface area contributed by atoms with E-state index in [0.29, 0.717) is 43.0 Å². The first kappa shape index (κ1) is 20.1. The van der Waals surface area contributed by atoms with Crippen molar-refractivity contribution in [1.82, 2.24) is 10.0 Å². The number of thiophene rings is 1. The number of carbonyl (C=O) groups is 2. The molecule has 30 heavy (non-hydrogen) atoms. The Morgan fingerprint density at radius 2 is 2.37 bits per heavy atom. The maximum Gasteiger partial charge on any atom is 0.434 e. The van der Waals surface area contributed by atoms with E-state index in [2.05, 4.69) is 16.4 Å². The quantitative estimate of drug-likeness (QED) is 0.755. The molecule has 1 N–H and O–H groups in total. The Labute approximate surface area is 177 Å². The van der Waals surface area contributed by atoms with Crippen molar-refractivity contribution in [2.24, 2.45) is 0 Å². The van der Waals surface area contributed by atoms with Gasteiger partial charge >= 0.3 is 6.09 Å². The molecule has 9 heteroatoms. The number of nitrogens with one attached hydrogen (secondary N) is 1. The van der Waals surface area contributed by atoms with Crippen LogP contribution in [0.4, 0.5) is 9.80 Å². The van der Waals surface area contributed by atoms with Crippen LogP contribution in [0.1, 0.15) is 34.4 Å². The SMILES string of the molecule is N#Cc1c(NC(=O)/C=C/c2cccnc2)sc2c1CCC(OC(=O)N1CCCO1)C2. The highest BCUT2D eigenvalue weighted by molar-refractivity contribution is 7.16. The number of hydrogen-bond donors (Lipinski definition) is 1. The van der Waals surface area contributed by atoms with Crippen molar-refractivity contribution in [3.05, 3.63) is 52.2 Å². The molecule has 1 saturated heterocycles. The van der Waals surface area contributed by atoms with Crippen LogP contribution in [0, 0.1) is 11.3 Å². The summed E-state index contributed by atoms with van der Waals surface area (Å²) in [7, 11) is 0. The molecule has 0 bridgehead atoms. The fraction of sp³-hybridized carbons (Fsp3) is 0.333. The van der Waals surface area contributed by atoms with E-state index in [-0.39, 0.29) is 12.0 Å². The van der Waals surface area contributed by atoms with E-state index in [1.807, 2.05) is 6.07 Å². The lowest BCUT2D eigenvalue weighted by molar-refractivity contribution is -0.111. The Morgan fingerprint density at radius 1 is 1.47 bits per heavy atom. The largest absolute Gasteiger partial charge is 0.444 e. The highest BCUT2D eigenvalue weighted by atomic mass is 32.1. The number of anilines is 1. The van der Waals surface area contributed by atoms with Crippen molar-refractivity contribution in [1.29, 1.82) is 5.26 Å². The number of nitriles is 1. The summed E-state index contributed by atoms with van der Waals surface area (Å²) in [4.78, 5) is 34.7. The molecule has 3 heterocycles. The molecule has 1 fully saturated rings. The fourth-order valence-electron chi connectivity index (χ4n) is 3.46. The maximum atomic E-state index is 12.3. The summed E-state index contributed by atoms with van der Waals surface area (Å²) in [6, 6.07) is 5.84. The highest BCUT2D eigenvalue weighted by Gasteiger charge is 2.30. The molecule has 2 aromatic rings. The molecule has 0 aromatic carbocycles. The van der Waals surface area contributed by atoms with Gasteiger partial charge in [0.1, 0.15) is 17.2 Å². The van der Waals surface area contributed by atoms with Crippen LogP contribution in [0.2, 0.25) is 0 Å². The first-order valence-electron chi connectivity index (χ1n) is 9.69. The van der Waals surface area contributed by atoms with Crippen LogP contribution >= 0.6 is 11.3 Å². The second-order valence-electron chi connectivity index (χ2n) is 6.97. The first-order valence-corrected chi connectivity index (χ1v) is 10.5. The summed E-state index contributed by atoms with van der Waals surface area (Å²) in [5.41, 5.74) is 2.23. The smallest absolute Gasteiger partial charge is 0.434 e. The summed E-state index contributed by atoms with van der Waals surface area (Å²) < 4.78 is 5.56. The molecule has 2 aromatic heterocycles. The number of rotatable bonds is 4. The average Bonchev–Trinajstić information content (AvgIpc) is 3.40. The Hall–Kier alpha value is -3.22. The minimum Gasteiger partial charge on any atom is -0.444 e. The minimum atomic E-state index is -0.466. The third-order valence-electron chi connectivity index (χ3n) is 4.90. The number of pyridine rings is 1. The third-order valence-corrected chi connectivity index (χ3v) is 6.07. The standard InChI is InChI=1S/C21H20N4O4S/c22-12-17-16-6-5-15(29-21(27)25-9-2-10-28-25)11-18(16)30-20(17)24-19(26)7-4-14-3-1-8-23-13-14/h1,3-4,7-8,13,15H,2,5-6,9-11H2,(H,24,26)/b7-4+. The summed E-state index contributed by atoms with van der Waals surface area (Å²) >= 11 is 1.36. The zero-order valence-corrected chi connectivity index (χ0v) is 17.0. The summed E-state index contributed by atoms with van der Waals surface area (Å²) in [5, 5.41) is 14.2. The first-order chi connectivity index (χ1) is 14.6. The normalized spacial score (nSPS) is 18.1. The predicted octanol–water partition coefficient (Wildman–Crippen LogP) is 3.30. The van der Waals surface area contributed by atoms with Gasteiger partial charge in [-0.3, -0.25) is 14.6 Å². The zero-order chi connectivity index (χ0) is 20.9. The van der Waals surface area contributed by atoms with Crippen molar-refractivity contribution in [3.63, 3.8) is 0 Å². The number of hydrogen-bond acceptors (Lipinski definition) is 7. The van der Waals surface area contributed by atoms with Gasteiger partial charge in [-0.2, -0.15) is 10.3 Å². The van der Waals surface area contributed by atoms with Crippen LogP contribution in [0.3, 0.4) is 0 Å². The van der Waals surface area contributed by atoms with Crippen molar-refractivity contribution < 1.29 is 19.2 Å². The number of ether oxygens (including phenoxy) is 1. The van der Waals surface area contributed by atoms with Gasteiger partial charge in [-0.25, -0.2) is 4.79 Å². The minimum absolute atomic E-state index is 0.270. The molecular weight excluding hydrogens is 404 g/mol. The Morgan fingerprint density at radius 3 is 3.10 bits per heavy atom. The van der Waals surface area contributed by atoms with E-state index in [4.69, 9.17) is 9.57 Å². The molecule has 0 radical (unpaired) electrons. The van der Waals surface area contributed by atoms with E-state index in [1.54, 1.807) is 24.5 Å². The Bertz CT molecular complexity index is 1010. The number of hydroxylamine groups is 2. The molecule has 2 aliphatic rings. The second kappa shape index (κ2) is 9.07. The van der Waals surface area contributed by atoms with E-state index in [9.17, 15) is 14.9 Å². The molecule has 1 unspecified atom stereocenters. The van der Waals surface area contributed by atoms with Gasteiger partial charge in [-0.15, -0.1) is 11.3 Å². The summed E-state index contributed by atoms with van der Waals surface area (Å²) in [6.07, 6.45) is 8.24. The van der Waals surface area contributed by atoms with Gasteiger partial charge in [0.2, 0.25) is 5.91 Å². The van der Waals surface area contributed by atoms with Gasteiger partial charge < -0.3 is 10.1 Å². The molecule has 1 aliphatic heterocycles. The number of fused-ring (bicyclic) bond motifs is 1. The van der Waals surface area contributed by atoms with Crippen LogP contribution in [-0.2, 0) is 27.2 Å². The van der Waals surface area contributed by atoms with Crippen LogP contribution in [0.25, 0.3) is 6.08 Å². The zero-order valence-electron chi connectivity index (χ0n) is 16.2. The van der Waals surface area contributed by atoms with Gasteiger partial charge in [-0.05, 0) is 42.5 Å². The summed E-state index contributed by atoms with van der Waals surface area (Å²) in [5.74, 6) is -0.317. The molecule has 4 rings (SSSR count). The number of amides is 2. The predicted molar refractivity (Wildman–Crippen MR) is 111 cm³/mol. The fourth-order valence-corrected chi connectivity index (χ4v) is 4.72. The number of carbonyl (C=O) groups excluding carboxylic acids is 2. The Balaban J connectivity index is 1.42. The van der Waals surface area contributed by atoms with E-state index >= 15 is 0 Å². The summed E-state index contributed by atoms with van der Waals surface area (Å²) in [6.45, 7) is 1.07.